The van der Waals surface area contributed by atoms with Gasteiger partial charge in [-0.1, -0.05) is 25.3 Å². The van der Waals surface area contributed by atoms with E-state index in [0.717, 1.165) is 25.2 Å². The van der Waals surface area contributed by atoms with Crippen molar-refractivity contribution in [1.29, 1.82) is 0 Å². The lowest BCUT2D eigenvalue weighted by molar-refractivity contribution is 0.0943. The summed E-state index contributed by atoms with van der Waals surface area (Å²) in [5.41, 5.74) is 0.0293. The molecule has 0 unspecified atom stereocenters. The van der Waals surface area contributed by atoms with Crippen LogP contribution < -0.4 is 10.1 Å². The maximum atomic E-state index is 9.67. The van der Waals surface area contributed by atoms with Crippen LogP contribution in [0.25, 0.3) is 0 Å². The predicted molar refractivity (Wildman–Crippen MR) is 76.5 cm³/mol. The minimum atomic E-state index is 0.0293. The molecule has 2 rings (SSSR count). The van der Waals surface area contributed by atoms with Gasteiger partial charge >= 0.3 is 0 Å². The van der Waals surface area contributed by atoms with Crippen LogP contribution in [0, 0.1) is 5.41 Å². The molecule has 1 fully saturated rings. The first-order valence-electron chi connectivity index (χ1n) is 7.23. The topological polar surface area (TPSA) is 54.4 Å². The molecule has 0 spiro atoms. The van der Waals surface area contributed by atoms with Gasteiger partial charge in [-0.05, 0) is 25.8 Å². The molecule has 0 atom stereocenters. The molecule has 1 aliphatic carbocycles. The molecule has 4 heteroatoms. The second-order valence-corrected chi connectivity index (χ2v) is 5.37. The minimum absolute atomic E-state index is 0.0293. The van der Waals surface area contributed by atoms with Crippen LogP contribution in [0.1, 0.15) is 39.0 Å². The van der Waals surface area contributed by atoms with Gasteiger partial charge in [-0.2, -0.15) is 4.98 Å². The largest absolute Gasteiger partial charge is 0.478 e. The fourth-order valence-electron chi connectivity index (χ4n) is 2.71. The van der Waals surface area contributed by atoms with Gasteiger partial charge in [0.25, 0.3) is 0 Å². The van der Waals surface area contributed by atoms with Crippen molar-refractivity contribution in [2.24, 2.45) is 5.41 Å². The Balaban J connectivity index is 1.94. The molecule has 0 radical (unpaired) electrons. The Morgan fingerprint density at radius 1 is 1.32 bits per heavy atom. The van der Waals surface area contributed by atoms with E-state index in [2.05, 4.69) is 10.3 Å². The van der Waals surface area contributed by atoms with Gasteiger partial charge in [0.2, 0.25) is 5.88 Å². The van der Waals surface area contributed by atoms with Gasteiger partial charge in [0.05, 0.1) is 13.2 Å². The number of aromatic nitrogens is 1. The molecule has 0 saturated heterocycles. The zero-order valence-electron chi connectivity index (χ0n) is 11.7. The highest BCUT2D eigenvalue weighted by Gasteiger charge is 2.31. The molecule has 106 valence electrons. The molecular formula is C15H24N2O2. The number of nitrogens with one attached hydrogen (secondary N) is 1. The van der Waals surface area contributed by atoms with Crippen LogP contribution in [0.2, 0.25) is 0 Å². The SMILES string of the molecule is CCOc1cccc(NCC2(CO)CCCCC2)n1. The summed E-state index contributed by atoms with van der Waals surface area (Å²) in [6.07, 6.45) is 5.92. The Labute approximate surface area is 115 Å². The van der Waals surface area contributed by atoms with Crippen LogP contribution in [0.15, 0.2) is 18.2 Å². The summed E-state index contributed by atoms with van der Waals surface area (Å²) in [4.78, 5) is 4.40. The number of hydrogen-bond donors (Lipinski definition) is 2. The van der Waals surface area contributed by atoms with Crippen molar-refractivity contribution >= 4 is 5.82 Å². The number of rotatable bonds is 6. The van der Waals surface area contributed by atoms with Gasteiger partial charge in [0.1, 0.15) is 5.82 Å². The molecule has 0 aromatic carbocycles. The number of aliphatic hydroxyl groups is 1. The number of anilines is 1. The zero-order chi connectivity index (χ0) is 13.6. The Hall–Kier alpha value is -1.29. The summed E-state index contributed by atoms with van der Waals surface area (Å²) in [5.74, 6) is 1.47. The van der Waals surface area contributed by atoms with Gasteiger partial charge < -0.3 is 15.2 Å². The van der Waals surface area contributed by atoms with Crippen molar-refractivity contribution in [1.82, 2.24) is 4.98 Å². The fourth-order valence-corrected chi connectivity index (χ4v) is 2.71. The smallest absolute Gasteiger partial charge is 0.215 e. The molecule has 1 heterocycles. The van der Waals surface area contributed by atoms with Crippen molar-refractivity contribution in [3.63, 3.8) is 0 Å². The van der Waals surface area contributed by atoms with Gasteiger partial charge in [-0.3, -0.25) is 0 Å². The van der Waals surface area contributed by atoms with Crippen molar-refractivity contribution in [2.45, 2.75) is 39.0 Å². The van der Waals surface area contributed by atoms with E-state index in [9.17, 15) is 5.11 Å². The third-order valence-corrected chi connectivity index (χ3v) is 3.91. The molecule has 2 N–H and O–H groups in total. The fraction of sp³-hybridized carbons (Fsp3) is 0.667. The summed E-state index contributed by atoms with van der Waals surface area (Å²) >= 11 is 0. The van der Waals surface area contributed by atoms with Crippen LogP contribution in [-0.2, 0) is 0 Å². The zero-order valence-corrected chi connectivity index (χ0v) is 11.7. The second kappa shape index (κ2) is 6.75. The van der Waals surface area contributed by atoms with Crippen molar-refractivity contribution < 1.29 is 9.84 Å². The van der Waals surface area contributed by atoms with Crippen LogP contribution in [0.5, 0.6) is 5.88 Å². The van der Waals surface area contributed by atoms with E-state index >= 15 is 0 Å². The Morgan fingerprint density at radius 3 is 2.79 bits per heavy atom. The standard InChI is InChI=1S/C15H24N2O2/c1-2-19-14-8-6-7-13(17-14)16-11-15(12-18)9-4-3-5-10-15/h6-8,18H,2-5,9-12H2,1H3,(H,16,17). The first kappa shape index (κ1) is 14.1. The average Bonchev–Trinajstić information content (AvgIpc) is 2.47. The molecule has 1 aliphatic rings. The monoisotopic (exact) mass is 264 g/mol. The van der Waals surface area contributed by atoms with E-state index in [1.165, 1.54) is 19.3 Å². The van der Waals surface area contributed by atoms with E-state index in [-0.39, 0.29) is 12.0 Å². The predicted octanol–water partition coefficient (Wildman–Crippen LogP) is 2.84. The number of nitrogens with zero attached hydrogens (tertiary/aromatic N) is 1. The normalized spacial score (nSPS) is 18.0. The lowest BCUT2D eigenvalue weighted by Crippen LogP contribution is -2.35. The third kappa shape index (κ3) is 3.83. The average molecular weight is 264 g/mol. The van der Waals surface area contributed by atoms with E-state index in [0.29, 0.717) is 12.5 Å². The number of aliphatic hydroxyl groups excluding tert-OH is 1. The Morgan fingerprint density at radius 2 is 2.11 bits per heavy atom. The summed E-state index contributed by atoms with van der Waals surface area (Å²) in [6, 6.07) is 5.74. The highest BCUT2D eigenvalue weighted by Crippen LogP contribution is 2.35. The summed E-state index contributed by atoms with van der Waals surface area (Å²) in [5, 5.41) is 13.0. The van der Waals surface area contributed by atoms with Gasteiger partial charge in [-0.25, -0.2) is 0 Å². The van der Waals surface area contributed by atoms with Crippen LogP contribution >= 0.6 is 0 Å². The van der Waals surface area contributed by atoms with Gasteiger partial charge in [0.15, 0.2) is 0 Å². The van der Waals surface area contributed by atoms with Crippen LogP contribution in [0.3, 0.4) is 0 Å². The maximum Gasteiger partial charge on any atom is 0.215 e. The van der Waals surface area contributed by atoms with E-state index in [4.69, 9.17) is 4.74 Å². The lowest BCUT2D eigenvalue weighted by atomic mass is 9.74. The molecule has 1 aromatic rings. The lowest BCUT2D eigenvalue weighted by Gasteiger charge is -2.35. The van der Waals surface area contributed by atoms with Crippen molar-refractivity contribution in [3.05, 3.63) is 18.2 Å². The maximum absolute atomic E-state index is 9.67. The molecule has 0 aliphatic heterocycles. The van der Waals surface area contributed by atoms with Gasteiger partial charge in [-0.15, -0.1) is 0 Å². The highest BCUT2D eigenvalue weighted by molar-refractivity contribution is 5.37. The summed E-state index contributed by atoms with van der Waals surface area (Å²) < 4.78 is 5.39. The Bertz CT molecular complexity index is 389. The molecule has 0 amide bonds. The van der Waals surface area contributed by atoms with E-state index in [1.807, 2.05) is 25.1 Å². The van der Waals surface area contributed by atoms with Gasteiger partial charge in [0, 0.05) is 18.0 Å². The highest BCUT2D eigenvalue weighted by atomic mass is 16.5. The van der Waals surface area contributed by atoms with Crippen LogP contribution in [-0.4, -0.2) is 29.8 Å². The second-order valence-electron chi connectivity index (χ2n) is 5.37. The molecule has 1 saturated carbocycles. The van der Waals surface area contributed by atoms with E-state index < -0.39 is 0 Å². The molecule has 0 bridgehead atoms. The van der Waals surface area contributed by atoms with Crippen molar-refractivity contribution in [2.75, 3.05) is 25.1 Å². The third-order valence-electron chi connectivity index (χ3n) is 3.91. The number of hydrogen-bond acceptors (Lipinski definition) is 4. The van der Waals surface area contributed by atoms with Crippen molar-refractivity contribution in [3.8, 4) is 5.88 Å². The number of pyridine rings is 1. The molecule has 4 nitrogen and oxygen atoms in total. The molecule has 1 aromatic heterocycles. The van der Waals surface area contributed by atoms with Crippen LogP contribution in [0.4, 0.5) is 5.82 Å². The first-order valence-corrected chi connectivity index (χ1v) is 7.23. The summed E-state index contributed by atoms with van der Waals surface area (Å²) in [6.45, 7) is 3.61. The molecular weight excluding hydrogens is 240 g/mol. The quantitative estimate of drug-likeness (QED) is 0.829. The Kier molecular flexibility index (Phi) is 5.02. The van der Waals surface area contributed by atoms with E-state index in [1.54, 1.807) is 0 Å². The minimum Gasteiger partial charge on any atom is -0.478 e. The first-order chi connectivity index (χ1) is 9.28. The number of ether oxygens (including phenoxy) is 1. The summed E-state index contributed by atoms with van der Waals surface area (Å²) in [7, 11) is 0. The molecule has 19 heavy (non-hydrogen) atoms.